The fraction of sp³-hybridized carbons (Fsp3) is 0.333. The van der Waals surface area contributed by atoms with Gasteiger partial charge in [0, 0.05) is 68.2 Å². The van der Waals surface area contributed by atoms with Gasteiger partial charge in [0.15, 0.2) is 0 Å². The highest BCUT2D eigenvalue weighted by Gasteiger charge is 2.28. The number of imidazole rings is 1. The molecule has 0 aromatic carbocycles. The van der Waals surface area contributed by atoms with Crippen molar-refractivity contribution in [3.05, 3.63) is 72.2 Å². The SMILES string of the molecule is COc1cc(C(=O)N2CCC[C@@H](c3nccn3Cc3ccncc3)C2)ccn1. The van der Waals surface area contributed by atoms with Crippen molar-refractivity contribution in [1.29, 1.82) is 0 Å². The lowest BCUT2D eigenvalue weighted by Gasteiger charge is -2.32. The van der Waals surface area contributed by atoms with Gasteiger partial charge in [-0.25, -0.2) is 9.97 Å². The van der Waals surface area contributed by atoms with Crippen molar-refractivity contribution in [3.63, 3.8) is 0 Å². The maximum Gasteiger partial charge on any atom is 0.254 e. The lowest BCUT2D eigenvalue weighted by Crippen LogP contribution is -2.39. The molecular weight excluding hydrogens is 354 g/mol. The topological polar surface area (TPSA) is 73.1 Å². The standard InChI is InChI=1S/C21H23N5O2/c1-28-19-13-17(6-9-23-19)21(27)26-11-2-3-18(15-26)20-24-10-12-25(20)14-16-4-7-22-8-5-16/h4-10,12-13,18H,2-3,11,14-15H2,1H3/t18-/m1/s1. The Morgan fingerprint density at radius 3 is 2.86 bits per heavy atom. The van der Waals surface area contributed by atoms with Crippen molar-refractivity contribution in [3.8, 4) is 5.88 Å². The maximum absolute atomic E-state index is 13.0. The molecule has 1 amide bonds. The fourth-order valence-electron chi connectivity index (χ4n) is 3.71. The molecule has 7 heteroatoms. The average Bonchev–Trinajstić information content (AvgIpc) is 3.22. The van der Waals surface area contributed by atoms with Crippen molar-refractivity contribution in [2.75, 3.05) is 20.2 Å². The molecule has 0 bridgehead atoms. The van der Waals surface area contributed by atoms with Gasteiger partial charge in [-0.2, -0.15) is 0 Å². The summed E-state index contributed by atoms with van der Waals surface area (Å²) in [6.07, 6.45) is 11.0. The highest BCUT2D eigenvalue weighted by atomic mass is 16.5. The first-order valence-electron chi connectivity index (χ1n) is 9.44. The van der Waals surface area contributed by atoms with Crippen LogP contribution in [0.1, 0.15) is 40.5 Å². The summed E-state index contributed by atoms with van der Waals surface area (Å²) in [7, 11) is 1.55. The van der Waals surface area contributed by atoms with Gasteiger partial charge in [-0.05, 0) is 36.6 Å². The number of ether oxygens (including phenoxy) is 1. The highest BCUT2D eigenvalue weighted by Crippen LogP contribution is 2.27. The fourth-order valence-corrected chi connectivity index (χ4v) is 3.71. The predicted octanol–water partition coefficient (Wildman–Crippen LogP) is 2.75. The van der Waals surface area contributed by atoms with E-state index in [2.05, 4.69) is 19.5 Å². The van der Waals surface area contributed by atoms with Crippen LogP contribution in [0.4, 0.5) is 0 Å². The van der Waals surface area contributed by atoms with Crippen LogP contribution in [0.25, 0.3) is 0 Å². The number of carbonyl (C=O) groups excluding carboxylic acids is 1. The maximum atomic E-state index is 13.0. The van der Waals surface area contributed by atoms with Crippen LogP contribution in [0, 0.1) is 0 Å². The van der Waals surface area contributed by atoms with Crippen LogP contribution >= 0.6 is 0 Å². The van der Waals surface area contributed by atoms with Crippen LogP contribution in [0.5, 0.6) is 5.88 Å². The zero-order chi connectivity index (χ0) is 19.3. The Morgan fingerprint density at radius 2 is 2.04 bits per heavy atom. The largest absolute Gasteiger partial charge is 0.481 e. The molecule has 1 atom stereocenters. The van der Waals surface area contributed by atoms with E-state index in [0.717, 1.165) is 31.8 Å². The van der Waals surface area contributed by atoms with Crippen molar-refractivity contribution in [1.82, 2.24) is 24.4 Å². The molecule has 0 aliphatic carbocycles. The summed E-state index contributed by atoms with van der Waals surface area (Å²) in [5.41, 5.74) is 1.79. The molecule has 7 nitrogen and oxygen atoms in total. The number of nitrogens with zero attached hydrogens (tertiary/aromatic N) is 5. The third kappa shape index (κ3) is 3.88. The molecule has 0 spiro atoms. The number of carbonyl (C=O) groups is 1. The minimum absolute atomic E-state index is 0.0117. The van der Waals surface area contributed by atoms with Crippen LogP contribution in [-0.4, -0.2) is 50.5 Å². The van der Waals surface area contributed by atoms with Gasteiger partial charge in [-0.15, -0.1) is 0 Å². The number of rotatable bonds is 5. The molecule has 0 radical (unpaired) electrons. The van der Waals surface area contributed by atoms with Gasteiger partial charge >= 0.3 is 0 Å². The minimum atomic E-state index is 0.0117. The number of hydrogen-bond acceptors (Lipinski definition) is 5. The lowest BCUT2D eigenvalue weighted by atomic mass is 9.96. The number of hydrogen-bond donors (Lipinski definition) is 0. The van der Waals surface area contributed by atoms with Crippen molar-refractivity contribution in [2.24, 2.45) is 0 Å². The van der Waals surface area contributed by atoms with Gasteiger partial charge < -0.3 is 14.2 Å². The van der Waals surface area contributed by atoms with Gasteiger partial charge in [0.05, 0.1) is 7.11 Å². The van der Waals surface area contributed by atoms with Gasteiger partial charge in [0.2, 0.25) is 5.88 Å². The Labute approximate surface area is 164 Å². The van der Waals surface area contributed by atoms with E-state index in [0.29, 0.717) is 18.0 Å². The van der Waals surface area contributed by atoms with Crippen molar-refractivity contribution in [2.45, 2.75) is 25.3 Å². The highest BCUT2D eigenvalue weighted by molar-refractivity contribution is 5.94. The van der Waals surface area contributed by atoms with E-state index < -0.39 is 0 Å². The number of amides is 1. The number of piperidine rings is 1. The molecule has 1 aliphatic heterocycles. The Morgan fingerprint density at radius 1 is 1.18 bits per heavy atom. The second-order valence-corrected chi connectivity index (χ2v) is 6.95. The van der Waals surface area contributed by atoms with Gasteiger partial charge in [-0.3, -0.25) is 9.78 Å². The van der Waals surface area contributed by atoms with Gasteiger partial charge in [-0.1, -0.05) is 0 Å². The van der Waals surface area contributed by atoms with Crippen LogP contribution < -0.4 is 4.74 Å². The number of methoxy groups -OCH3 is 1. The van der Waals surface area contributed by atoms with Gasteiger partial charge in [0.25, 0.3) is 5.91 Å². The number of aromatic nitrogens is 4. The van der Waals surface area contributed by atoms with Crippen LogP contribution in [0.2, 0.25) is 0 Å². The summed E-state index contributed by atoms with van der Waals surface area (Å²) in [5.74, 6) is 1.71. The zero-order valence-electron chi connectivity index (χ0n) is 15.9. The second-order valence-electron chi connectivity index (χ2n) is 6.95. The average molecular weight is 377 g/mol. The van der Waals surface area contributed by atoms with E-state index >= 15 is 0 Å². The van der Waals surface area contributed by atoms with E-state index in [1.54, 1.807) is 37.8 Å². The Hall–Kier alpha value is -3.22. The summed E-state index contributed by atoms with van der Waals surface area (Å²) in [5, 5.41) is 0. The van der Waals surface area contributed by atoms with Crippen LogP contribution in [0.3, 0.4) is 0 Å². The Balaban J connectivity index is 1.50. The van der Waals surface area contributed by atoms with E-state index in [4.69, 9.17) is 4.74 Å². The number of pyridine rings is 2. The molecule has 4 heterocycles. The summed E-state index contributed by atoms with van der Waals surface area (Å²) in [6, 6.07) is 7.45. The molecule has 4 rings (SSSR count). The summed E-state index contributed by atoms with van der Waals surface area (Å²) >= 11 is 0. The Kier molecular flexibility index (Phi) is 5.32. The summed E-state index contributed by atoms with van der Waals surface area (Å²) in [4.78, 5) is 27.6. The van der Waals surface area contributed by atoms with Crippen molar-refractivity contribution >= 4 is 5.91 Å². The van der Waals surface area contributed by atoms with Crippen molar-refractivity contribution < 1.29 is 9.53 Å². The molecular formula is C21H23N5O2. The molecule has 0 unspecified atom stereocenters. The predicted molar refractivity (Wildman–Crippen MR) is 104 cm³/mol. The smallest absolute Gasteiger partial charge is 0.254 e. The van der Waals surface area contributed by atoms with Crippen LogP contribution in [0.15, 0.2) is 55.2 Å². The minimum Gasteiger partial charge on any atom is -0.481 e. The molecule has 1 aliphatic rings. The van der Waals surface area contributed by atoms with Gasteiger partial charge in [0.1, 0.15) is 5.82 Å². The molecule has 0 N–H and O–H groups in total. The third-order valence-electron chi connectivity index (χ3n) is 5.11. The zero-order valence-corrected chi connectivity index (χ0v) is 15.9. The first-order valence-corrected chi connectivity index (χ1v) is 9.44. The molecule has 28 heavy (non-hydrogen) atoms. The molecule has 3 aromatic heterocycles. The molecule has 144 valence electrons. The van der Waals surface area contributed by atoms with Crippen LogP contribution in [-0.2, 0) is 6.54 Å². The van der Waals surface area contributed by atoms with E-state index in [-0.39, 0.29) is 11.8 Å². The lowest BCUT2D eigenvalue weighted by molar-refractivity contribution is 0.0703. The molecule has 1 saturated heterocycles. The summed E-state index contributed by atoms with van der Waals surface area (Å²) in [6.45, 7) is 2.17. The first-order chi connectivity index (χ1) is 13.7. The monoisotopic (exact) mass is 377 g/mol. The second kappa shape index (κ2) is 8.21. The van der Waals surface area contributed by atoms with E-state index in [1.165, 1.54) is 5.56 Å². The molecule has 0 saturated carbocycles. The van der Waals surface area contributed by atoms with E-state index in [1.807, 2.05) is 29.4 Å². The van der Waals surface area contributed by atoms with E-state index in [9.17, 15) is 4.79 Å². The Bertz CT molecular complexity index is 941. The first kappa shape index (κ1) is 18.2. The molecule has 1 fully saturated rings. The quantitative estimate of drug-likeness (QED) is 0.684. The normalized spacial score (nSPS) is 16.8. The molecule has 3 aromatic rings. The summed E-state index contributed by atoms with van der Waals surface area (Å²) < 4.78 is 7.32. The number of likely N-dealkylation sites (tertiary alicyclic amines) is 1. The third-order valence-corrected chi connectivity index (χ3v) is 5.11.